The first-order valence-corrected chi connectivity index (χ1v) is 10.2. The molecule has 2 aliphatic heterocycles. The number of pyridine rings is 1. The summed E-state index contributed by atoms with van der Waals surface area (Å²) >= 11 is 1.49. The van der Waals surface area contributed by atoms with Crippen molar-refractivity contribution in [1.82, 2.24) is 9.47 Å². The number of thiophene rings is 1. The van der Waals surface area contributed by atoms with Crippen molar-refractivity contribution in [2.45, 2.75) is 18.9 Å². The molecule has 4 heterocycles. The summed E-state index contributed by atoms with van der Waals surface area (Å²) in [6.07, 6.45) is 1.04. The van der Waals surface area contributed by atoms with Gasteiger partial charge in [-0.1, -0.05) is 36.4 Å². The molecule has 2 aliphatic rings. The van der Waals surface area contributed by atoms with Crippen molar-refractivity contribution in [2.75, 3.05) is 13.1 Å². The summed E-state index contributed by atoms with van der Waals surface area (Å²) in [5.74, 6) is 0.655. The monoisotopic (exact) mass is 376 g/mol. The average Bonchev–Trinajstić information content (AvgIpc) is 3.23. The normalized spacial score (nSPS) is 21.0. The zero-order chi connectivity index (χ0) is 18.4. The van der Waals surface area contributed by atoms with E-state index in [1.807, 2.05) is 51.2 Å². The van der Waals surface area contributed by atoms with Crippen LogP contribution in [0.3, 0.4) is 0 Å². The van der Waals surface area contributed by atoms with E-state index in [1.165, 1.54) is 11.3 Å². The van der Waals surface area contributed by atoms with Crippen molar-refractivity contribution >= 4 is 17.2 Å². The summed E-state index contributed by atoms with van der Waals surface area (Å²) < 4.78 is 1.95. The van der Waals surface area contributed by atoms with E-state index in [4.69, 9.17) is 0 Å². The van der Waals surface area contributed by atoms with Crippen molar-refractivity contribution in [3.8, 4) is 11.1 Å². The third-order valence-corrected chi connectivity index (χ3v) is 6.55. The highest BCUT2D eigenvalue weighted by atomic mass is 32.1. The first kappa shape index (κ1) is 16.5. The first-order valence-electron chi connectivity index (χ1n) is 9.32. The molecule has 0 N–H and O–H groups in total. The van der Waals surface area contributed by atoms with Gasteiger partial charge in [0.05, 0.1) is 4.88 Å². The van der Waals surface area contributed by atoms with Crippen LogP contribution in [0.25, 0.3) is 11.1 Å². The second-order valence-corrected chi connectivity index (χ2v) is 8.38. The highest BCUT2D eigenvalue weighted by Gasteiger charge is 2.38. The lowest BCUT2D eigenvalue weighted by molar-refractivity contribution is 0.0600. The van der Waals surface area contributed by atoms with Crippen molar-refractivity contribution in [1.29, 1.82) is 0 Å². The molecule has 136 valence electrons. The average molecular weight is 376 g/mol. The molecule has 0 unspecified atom stereocenters. The predicted molar refractivity (Wildman–Crippen MR) is 107 cm³/mol. The number of likely N-dealkylation sites (tertiary alicyclic amines) is 1. The molecule has 27 heavy (non-hydrogen) atoms. The molecule has 3 aromatic rings. The fourth-order valence-electron chi connectivity index (χ4n) is 4.60. The number of piperidine rings is 1. The van der Waals surface area contributed by atoms with Crippen LogP contribution >= 0.6 is 11.3 Å². The number of aromatic nitrogens is 1. The van der Waals surface area contributed by atoms with Gasteiger partial charge in [-0.25, -0.2) is 0 Å². The Balaban J connectivity index is 1.57. The molecule has 5 rings (SSSR count). The minimum atomic E-state index is 0.0671. The van der Waals surface area contributed by atoms with Gasteiger partial charge in [0.2, 0.25) is 0 Å². The van der Waals surface area contributed by atoms with Gasteiger partial charge in [0.15, 0.2) is 0 Å². The molecule has 1 fully saturated rings. The quantitative estimate of drug-likeness (QED) is 0.682. The molecule has 1 saturated heterocycles. The molecule has 2 bridgehead atoms. The van der Waals surface area contributed by atoms with E-state index in [9.17, 15) is 9.59 Å². The molecule has 0 aliphatic carbocycles. The Morgan fingerprint density at radius 2 is 1.81 bits per heavy atom. The lowest BCUT2D eigenvalue weighted by Gasteiger charge is -2.43. The number of amides is 1. The molecular formula is C22H20N2O2S. The van der Waals surface area contributed by atoms with Gasteiger partial charge in [0.1, 0.15) is 0 Å². The number of hydrogen-bond donors (Lipinski definition) is 0. The van der Waals surface area contributed by atoms with Crippen LogP contribution in [0.5, 0.6) is 0 Å². The van der Waals surface area contributed by atoms with Crippen LogP contribution in [0.15, 0.2) is 64.8 Å². The Morgan fingerprint density at radius 3 is 2.59 bits per heavy atom. The minimum absolute atomic E-state index is 0.0671. The smallest absolute Gasteiger partial charge is 0.263 e. The van der Waals surface area contributed by atoms with Gasteiger partial charge >= 0.3 is 0 Å². The highest BCUT2D eigenvalue weighted by molar-refractivity contribution is 7.12. The van der Waals surface area contributed by atoms with Crippen molar-refractivity contribution < 1.29 is 4.79 Å². The van der Waals surface area contributed by atoms with Crippen molar-refractivity contribution in [3.63, 3.8) is 0 Å². The van der Waals surface area contributed by atoms with Crippen LogP contribution < -0.4 is 5.56 Å². The van der Waals surface area contributed by atoms with Gasteiger partial charge in [-0.05, 0) is 35.4 Å². The highest BCUT2D eigenvalue weighted by Crippen LogP contribution is 2.40. The largest absolute Gasteiger partial charge is 0.337 e. The van der Waals surface area contributed by atoms with Gasteiger partial charge in [0, 0.05) is 42.9 Å². The Bertz CT molecular complexity index is 1040. The molecular weight excluding hydrogens is 356 g/mol. The summed E-state index contributed by atoms with van der Waals surface area (Å²) in [5, 5.41) is 1.94. The lowest BCUT2D eigenvalue weighted by atomic mass is 9.80. The number of carbonyl (C=O) groups excluding carboxylic acids is 1. The maximum Gasteiger partial charge on any atom is 0.263 e. The van der Waals surface area contributed by atoms with Gasteiger partial charge in [-0.2, -0.15) is 0 Å². The van der Waals surface area contributed by atoms with E-state index >= 15 is 0 Å². The van der Waals surface area contributed by atoms with E-state index in [-0.39, 0.29) is 17.4 Å². The molecule has 5 heteroatoms. The van der Waals surface area contributed by atoms with Crippen LogP contribution in [0.1, 0.15) is 27.7 Å². The summed E-state index contributed by atoms with van der Waals surface area (Å²) in [6.45, 7) is 2.10. The summed E-state index contributed by atoms with van der Waals surface area (Å²) in [5.41, 5.74) is 3.40. The zero-order valence-corrected chi connectivity index (χ0v) is 15.7. The summed E-state index contributed by atoms with van der Waals surface area (Å²) in [4.78, 5) is 28.2. The van der Waals surface area contributed by atoms with Gasteiger partial charge in [-0.3, -0.25) is 9.59 Å². The second-order valence-electron chi connectivity index (χ2n) is 7.43. The maximum absolute atomic E-state index is 12.9. The third-order valence-electron chi connectivity index (χ3n) is 5.69. The lowest BCUT2D eigenvalue weighted by Crippen LogP contribution is -2.49. The Morgan fingerprint density at radius 1 is 0.963 bits per heavy atom. The molecule has 2 atom stereocenters. The van der Waals surface area contributed by atoms with E-state index in [1.54, 1.807) is 6.07 Å². The zero-order valence-electron chi connectivity index (χ0n) is 14.9. The topological polar surface area (TPSA) is 42.3 Å². The molecule has 2 aromatic heterocycles. The van der Waals surface area contributed by atoms with E-state index < -0.39 is 0 Å². The van der Waals surface area contributed by atoms with Crippen LogP contribution in [-0.4, -0.2) is 28.5 Å². The van der Waals surface area contributed by atoms with Gasteiger partial charge < -0.3 is 9.47 Å². The Labute approximate surface area is 161 Å². The number of rotatable bonds is 2. The first-order chi connectivity index (χ1) is 13.2. The SMILES string of the molecule is O=C(c1cccs1)N1C[C@@H]2C[C@H](C1)c1c(-c3ccccc3)ccc(=O)n1C2. The number of benzene rings is 1. The molecule has 0 spiro atoms. The second kappa shape index (κ2) is 6.50. The molecule has 1 amide bonds. The molecule has 4 nitrogen and oxygen atoms in total. The van der Waals surface area contributed by atoms with Crippen LogP contribution in [0.2, 0.25) is 0 Å². The van der Waals surface area contributed by atoms with E-state index in [0.29, 0.717) is 19.0 Å². The van der Waals surface area contributed by atoms with E-state index in [2.05, 4.69) is 12.1 Å². The third kappa shape index (κ3) is 2.82. The fourth-order valence-corrected chi connectivity index (χ4v) is 5.29. The fraction of sp³-hybridized carbons (Fsp3) is 0.273. The van der Waals surface area contributed by atoms with Crippen LogP contribution in [0, 0.1) is 5.92 Å². The number of fused-ring (bicyclic) bond motifs is 4. The number of hydrogen-bond acceptors (Lipinski definition) is 3. The van der Waals surface area contributed by atoms with Gasteiger partial charge in [-0.15, -0.1) is 11.3 Å². The minimum Gasteiger partial charge on any atom is -0.337 e. The summed E-state index contributed by atoms with van der Waals surface area (Å²) in [6, 6.07) is 17.7. The maximum atomic E-state index is 12.9. The van der Waals surface area contributed by atoms with Crippen LogP contribution in [-0.2, 0) is 6.54 Å². The number of carbonyl (C=O) groups is 1. The molecule has 0 saturated carbocycles. The van der Waals surface area contributed by atoms with Crippen molar-refractivity contribution in [2.24, 2.45) is 5.92 Å². The predicted octanol–water partition coefficient (Wildman–Crippen LogP) is 3.84. The number of nitrogens with zero attached hydrogens (tertiary/aromatic N) is 2. The summed E-state index contributed by atoms with van der Waals surface area (Å²) in [7, 11) is 0. The molecule has 1 aromatic carbocycles. The van der Waals surface area contributed by atoms with Crippen molar-refractivity contribution in [3.05, 3.63) is 80.9 Å². The van der Waals surface area contributed by atoms with Crippen LogP contribution in [0.4, 0.5) is 0 Å². The standard InChI is InChI=1S/C22H20N2O2S/c25-20-9-8-18(16-5-2-1-3-6-16)21-17-11-15(13-24(20)21)12-23(14-17)22(26)19-7-4-10-27-19/h1-10,15,17H,11-14H2/t15-,17+/m0/s1. The Hall–Kier alpha value is -2.66. The van der Waals surface area contributed by atoms with Gasteiger partial charge in [0.25, 0.3) is 11.5 Å². The van der Waals surface area contributed by atoms with E-state index in [0.717, 1.165) is 34.7 Å². The Kier molecular flexibility index (Phi) is 3.97. The molecule has 0 radical (unpaired) electrons.